The fourth-order valence-electron chi connectivity index (χ4n) is 5.17. The molecule has 42 heavy (non-hydrogen) atoms. The van der Waals surface area contributed by atoms with Crippen LogP contribution in [0.2, 0.25) is 0 Å². The lowest BCUT2D eigenvalue weighted by atomic mass is 9.98. The zero-order chi connectivity index (χ0) is 29.7. The van der Waals surface area contributed by atoms with Gasteiger partial charge < -0.3 is 9.64 Å². The molecule has 8 heteroatoms. The second-order valence-corrected chi connectivity index (χ2v) is 12.2. The number of nitrogens with zero attached hydrogens (tertiary/aromatic N) is 2. The molecular weight excluding hydrogens is 551 g/mol. The Hall–Kier alpha value is -4.27. The van der Waals surface area contributed by atoms with Crippen molar-refractivity contribution in [2.75, 3.05) is 13.7 Å². The molecule has 1 heterocycles. The van der Waals surface area contributed by atoms with Crippen LogP contribution in [-0.2, 0) is 27.8 Å². The molecule has 0 N–H and O–H groups in total. The predicted octanol–water partition coefficient (Wildman–Crippen LogP) is 6.08. The van der Waals surface area contributed by atoms with Crippen LogP contribution in [0, 0.1) is 12.7 Å². The molecule has 216 valence electrons. The molecule has 2 atom stereocenters. The summed E-state index contributed by atoms with van der Waals surface area (Å²) in [6.45, 7) is 2.07. The molecule has 0 aliphatic carbocycles. The molecule has 0 aromatic heterocycles. The summed E-state index contributed by atoms with van der Waals surface area (Å²) in [4.78, 5) is 16.5. The van der Waals surface area contributed by atoms with Gasteiger partial charge in [-0.25, -0.2) is 12.8 Å². The fourth-order valence-corrected chi connectivity index (χ4v) is 6.70. The van der Waals surface area contributed by atoms with Crippen LogP contribution in [0.4, 0.5) is 4.39 Å². The van der Waals surface area contributed by atoms with E-state index in [1.807, 2.05) is 73.7 Å². The van der Waals surface area contributed by atoms with Gasteiger partial charge in [-0.2, -0.15) is 4.31 Å². The van der Waals surface area contributed by atoms with Gasteiger partial charge >= 0.3 is 0 Å². The summed E-state index contributed by atoms with van der Waals surface area (Å²) in [5, 5.41) is 0. The van der Waals surface area contributed by atoms with Gasteiger partial charge in [-0.1, -0.05) is 84.4 Å². The average Bonchev–Trinajstić information content (AvgIpc) is 3.00. The number of methoxy groups -OCH3 is 1. The number of rotatable bonds is 8. The Balaban J connectivity index is 1.63. The number of carbonyl (C=O) groups is 1. The highest BCUT2D eigenvalue weighted by molar-refractivity contribution is 7.89. The van der Waals surface area contributed by atoms with Crippen molar-refractivity contribution in [1.82, 2.24) is 9.21 Å². The van der Waals surface area contributed by atoms with Gasteiger partial charge in [-0.15, -0.1) is 0 Å². The Bertz CT molecular complexity index is 1640. The van der Waals surface area contributed by atoms with E-state index in [4.69, 9.17) is 4.74 Å². The Morgan fingerprint density at radius 1 is 0.857 bits per heavy atom. The van der Waals surface area contributed by atoms with Crippen LogP contribution in [0.15, 0.2) is 120 Å². The summed E-state index contributed by atoms with van der Waals surface area (Å²) >= 11 is 0. The number of amides is 1. The molecule has 0 radical (unpaired) electrons. The van der Waals surface area contributed by atoms with Crippen molar-refractivity contribution in [2.24, 2.45) is 0 Å². The smallest absolute Gasteiger partial charge is 0.244 e. The third-order valence-corrected chi connectivity index (χ3v) is 9.37. The van der Waals surface area contributed by atoms with E-state index in [0.29, 0.717) is 5.75 Å². The summed E-state index contributed by atoms with van der Waals surface area (Å²) in [5.41, 5.74) is 3.35. The molecule has 0 fully saturated rings. The Morgan fingerprint density at radius 3 is 2.17 bits per heavy atom. The molecule has 1 aliphatic rings. The molecule has 2 unspecified atom stereocenters. The Morgan fingerprint density at radius 2 is 1.52 bits per heavy atom. The lowest BCUT2D eigenvalue weighted by molar-refractivity contribution is -0.137. The van der Waals surface area contributed by atoms with Crippen LogP contribution in [0.1, 0.15) is 28.3 Å². The summed E-state index contributed by atoms with van der Waals surface area (Å²) < 4.78 is 48.6. The third kappa shape index (κ3) is 6.45. The molecule has 5 rings (SSSR count). The normalized spacial score (nSPS) is 18.7. The number of hydrogen-bond acceptors (Lipinski definition) is 4. The van der Waals surface area contributed by atoms with E-state index in [-0.39, 0.29) is 36.1 Å². The van der Waals surface area contributed by atoms with E-state index >= 15 is 0 Å². The van der Waals surface area contributed by atoms with Gasteiger partial charge in [0.15, 0.2) is 0 Å². The molecule has 1 amide bonds. The molecular formula is C34H33FN2O4S. The van der Waals surface area contributed by atoms with Crippen LogP contribution in [0.5, 0.6) is 5.75 Å². The van der Waals surface area contributed by atoms with E-state index in [2.05, 4.69) is 0 Å². The molecule has 6 nitrogen and oxygen atoms in total. The fraction of sp³-hybridized carbons (Fsp3) is 0.206. The van der Waals surface area contributed by atoms with Crippen LogP contribution >= 0.6 is 0 Å². The zero-order valence-corrected chi connectivity index (χ0v) is 24.4. The minimum Gasteiger partial charge on any atom is -0.497 e. The lowest BCUT2D eigenvalue weighted by Gasteiger charge is -2.39. The number of aryl methyl sites for hydroxylation is 1. The summed E-state index contributed by atoms with van der Waals surface area (Å²) in [5.74, 6) is -0.0343. The van der Waals surface area contributed by atoms with Gasteiger partial charge in [0, 0.05) is 13.1 Å². The summed E-state index contributed by atoms with van der Waals surface area (Å²) in [6, 6.07) is 28.0. The minimum absolute atomic E-state index is 0.0243. The standard InChI is InChI=1S/C34H33FN2O4S/c1-25-10-20-31(21-11-25)42(39,40)37-22-6-9-32(28-14-18-30(41-2)19-15-28)36(24-27-12-16-29(35)17-13-27)34(38)33(37)23-26-7-4-3-5-8-26/h3-21,32-33H,22-24H2,1-2H3/b9-6-. The highest BCUT2D eigenvalue weighted by atomic mass is 32.2. The quantitative estimate of drug-likeness (QED) is 0.235. The first-order chi connectivity index (χ1) is 20.3. The van der Waals surface area contributed by atoms with Crippen molar-refractivity contribution in [3.8, 4) is 5.75 Å². The molecule has 0 bridgehead atoms. The van der Waals surface area contributed by atoms with Crippen molar-refractivity contribution in [1.29, 1.82) is 0 Å². The maximum absolute atomic E-state index is 14.7. The largest absolute Gasteiger partial charge is 0.497 e. The topological polar surface area (TPSA) is 66.9 Å². The third-order valence-electron chi connectivity index (χ3n) is 7.48. The highest BCUT2D eigenvalue weighted by Gasteiger charge is 2.40. The molecule has 0 spiro atoms. The predicted molar refractivity (Wildman–Crippen MR) is 161 cm³/mol. The van der Waals surface area contributed by atoms with Gasteiger partial charge in [0.1, 0.15) is 17.6 Å². The average molecular weight is 585 g/mol. The number of sulfonamides is 1. The van der Waals surface area contributed by atoms with Crippen molar-refractivity contribution in [3.05, 3.63) is 143 Å². The second-order valence-electron chi connectivity index (χ2n) is 10.3. The number of carbonyl (C=O) groups excluding carboxylic acids is 1. The monoisotopic (exact) mass is 584 g/mol. The van der Waals surface area contributed by atoms with E-state index in [1.54, 1.807) is 48.4 Å². The van der Waals surface area contributed by atoms with Gasteiger partial charge in [-0.3, -0.25) is 4.79 Å². The summed E-state index contributed by atoms with van der Waals surface area (Å²) in [6.07, 6.45) is 3.86. The van der Waals surface area contributed by atoms with Gasteiger partial charge in [0.25, 0.3) is 0 Å². The van der Waals surface area contributed by atoms with Gasteiger partial charge in [-0.05, 0) is 66.4 Å². The van der Waals surface area contributed by atoms with Crippen molar-refractivity contribution < 1.29 is 22.3 Å². The molecule has 0 saturated heterocycles. The number of ether oxygens (including phenoxy) is 1. The van der Waals surface area contributed by atoms with Gasteiger partial charge in [0.2, 0.25) is 15.9 Å². The van der Waals surface area contributed by atoms with E-state index in [0.717, 1.165) is 22.3 Å². The first kappa shape index (κ1) is 29.2. The lowest BCUT2D eigenvalue weighted by Crippen LogP contribution is -2.53. The Kier molecular flexibility index (Phi) is 8.85. The maximum Gasteiger partial charge on any atom is 0.244 e. The molecule has 4 aromatic rings. The van der Waals surface area contributed by atoms with Crippen molar-refractivity contribution in [2.45, 2.75) is 36.9 Å². The zero-order valence-electron chi connectivity index (χ0n) is 23.6. The van der Waals surface area contributed by atoms with Crippen molar-refractivity contribution >= 4 is 15.9 Å². The maximum atomic E-state index is 14.7. The van der Waals surface area contributed by atoms with Crippen LogP contribution in [0.3, 0.4) is 0 Å². The molecule has 0 saturated carbocycles. The number of hydrogen-bond donors (Lipinski definition) is 0. The van der Waals surface area contributed by atoms with Crippen LogP contribution in [0.25, 0.3) is 0 Å². The van der Waals surface area contributed by atoms with Crippen LogP contribution in [-0.4, -0.2) is 43.2 Å². The summed E-state index contributed by atoms with van der Waals surface area (Å²) in [7, 11) is -2.46. The second kappa shape index (κ2) is 12.7. The van der Waals surface area contributed by atoms with Crippen molar-refractivity contribution in [3.63, 3.8) is 0 Å². The highest BCUT2D eigenvalue weighted by Crippen LogP contribution is 2.32. The molecule has 4 aromatic carbocycles. The minimum atomic E-state index is -4.05. The van der Waals surface area contributed by atoms with Crippen LogP contribution < -0.4 is 4.74 Å². The number of halogens is 1. The number of benzene rings is 4. The van der Waals surface area contributed by atoms with Gasteiger partial charge in [0.05, 0.1) is 18.0 Å². The Labute approximate surface area is 246 Å². The SMILES string of the molecule is COc1ccc(C2/C=C\CN(S(=O)(=O)c3ccc(C)cc3)C(Cc3ccccc3)C(=O)N2Cc2ccc(F)cc2)cc1. The van der Waals surface area contributed by atoms with E-state index in [1.165, 1.54) is 16.4 Å². The first-order valence-electron chi connectivity index (χ1n) is 13.7. The van der Waals surface area contributed by atoms with E-state index < -0.39 is 22.1 Å². The van der Waals surface area contributed by atoms with E-state index in [9.17, 15) is 17.6 Å². The molecule has 1 aliphatic heterocycles. The first-order valence-corrected chi connectivity index (χ1v) is 15.2.